The van der Waals surface area contributed by atoms with Gasteiger partial charge in [0.1, 0.15) is 17.3 Å². The first-order chi connectivity index (χ1) is 14.7. The normalized spacial score (nSPS) is 10.9. The number of nitrogens with one attached hydrogen (secondary N) is 1. The van der Waals surface area contributed by atoms with Crippen molar-refractivity contribution in [1.82, 2.24) is 20.1 Å². The van der Waals surface area contributed by atoms with E-state index < -0.39 is 0 Å². The number of rotatable bonds is 7. The summed E-state index contributed by atoms with van der Waals surface area (Å²) in [5, 5.41) is 8.17. The predicted molar refractivity (Wildman–Crippen MR) is 115 cm³/mol. The number of pyridine rings is 1. The predicted octanol–water partition coefficient (Wildman–Crippen LogP) is 4.68. The molecule has 0 aliphatic rings. The first kappa shape index (κ1) is 19.8. The number of para-hydroxylation sites is 1. The minimum Gasteiger partial charge on any atom is -0.497 e. The van der Waals surface area contributed by atoms with E-state index >= 15 is 0 Å². The molecule has 0 bridgehead atoms. The number of nitrogens with zero attached hydrogens (tertiary/aromatic N) is 3. The molecule has 0 aliphatic heterocycles. The van der Waals surface area contributed by atoms with E-state index in [1.54, 1.807) is 36.2 Å². The standard InChI is InChI=1S/C24H23FN4O/c1-17-13-26-12-11-19(17)14-27-15-20-16-29(23-6-4-3-5-22(23)25)28-24(20)18-7-9-21(30-2)10-8-18/h3-13,16,27H,14-15H2,1-2H3. The zero-order valence-corrected chi connectivity index (χ0v) is 17.0. The van der Waals surface area contributed by atoms with Crippen LogP contribution in [-0.2, 0) is 13.1 Å². The maximum absolute atomic E-state index is 14.3. The van der Waals surface area contributed by atoms with Gasteiger partial charge < -0.3 is 10.1 Å². The Kier molecular flexibility index (Phi) is 5.86. The fourth-order valence-electron chi connectivity index (χ4n) is 3.32. The topological polar surface area (TPSA) is 52.0 Å². The zero-order chi connectivity index (χ0) is 20.9. The van der Waals surface area contributed by atoms with Crippen LogP contribution in [0.15, 0.2) is 73.2 Å². The summed E-state index contributed by atoms with van der Waals surface area (Å²) in [6.45, 7) is 3.35. The molecule has 30 heavy (non-hydrogen) atoms. The van der Waals surface area contributed by atoms with E-state index in [4.69, 9.17) is 9.84 Å². The van der Waals surface area contributed by atoms with Crippen LogP contribution in [0.3, 0.4) is 0 Å². The molecule has 0 radical (unpaired) electrons. The number of aromatic nitrogens is 3. The molecule has 0 spiro atoms. The highest BCUT2D eigenvalue weighted by atomic mass is 19.1. The first-order valence-corrected chi connectivity index (χ1v) is 9.74. The Bertz CT molecular complexity index is 1140. The molecule has 5 nitrogen and oxygen atoms in total. The Labute approximate surface area is 175 Å². The number of methoxy groups -OCH3 is 1. The van der Waals surface area contributed by atoms with Gasteiger partial charge in [0.15, 0.2) is 0 Å². The fourth-order valence-corrected chi connectivity index (χ4v) is 3.32. The molecule has 0 fully saturated rings. The second-order valence-electron chi connectivity index (χ2n) is 7.03. The molecule has 0 atom stereocenters. The summed E-state index contributed by atoms with van der Waals surface area (Å²) in [5.74, 6) is 0.466. The van der Waals surface area contributed by atoms with Crippen LogP contribution in [0, 0.1) is 12.7 Å². The van der Waals surface area contributed by atoms with E-state index in [1.165, 1.54) is 11.6 Å². The summed E-state index contributed by atoms with van der Waals surface area (Å²) in [5.41, 5.74) is 5.49. The van der Waals surface area contributed by atoms with Crippen LogP contribution in [0.25, 0.3) is 16.9 Å². The molecule has 0 aliphatic carbocycles. The highest BCUT2D eigenvalue weighted by Crippen LogP contribution is 2.26. The van der Waals surface area contributed by atoms with Crippen molar-refractivity contribution in [2.45, 2.75) is 20.0 Å². The van der Waals surface area contributed by atoms with Crippen molar-refractivity contribution in [2.24, 2.45) is 0 Å². The first-order valence-electron chi connectivity index (χ1n) is 9.74. The molecule has 152 valence electrons. The van der Waals surface area contributed by atoms with Crippen molar-refractivity contribution in [3.05, 3.63) is 95.7 Å². The quantitative estimate of drug-likeness (QED) is 0.488. The Morgan fingerprint density at radius 1 is 1.00 bits per heavy atom. The van der Waals surface area contributed by atoms with Crippen LogP contribution in [0.5, 0.6) is 5.75 Å². The third-order valence-electron chi connectivity index (χ3n) is 5.02. The van der Waals surface area contributed by atoms with Gasteiger partial charge in [0.2, 0.25) is 0 Å². The molecule has 4 aromatic rings. The molecule has 0 amide bonds. The third-order valence-corrected chi connectivity index (χ3v) is 5.02. The molecule has 1 N–H and O–H groups in total. The van der Waals surface area contributed by atoms with Gasteiger partial charge in [-0.1, -0.05) is 12.1 Å². The summed E-state index contributed by atoms with van der Waals surface area (Å²) >= 11 is 0. The van der Waals surface area contributed by atoms with Crippen molar-refractivity contribution in [1.29, 1.82) is 0 Å². The van der Waals surface area contributed by atoms with Crippen LogP contribution in [0.1, 0.15) is 16.7 Å². The second-order valence-corrected chi connectivity index (χ2v) is 7.03. The number of hydrogen-bond acceptors (Lipinski definition) is 4. The molecule has 0 saturated heterocycles. The minimum absolute atomic E-state index is 0.312. The van der Waals surface area contributed by atoms with Gasteiger partial charge in [0, 0.05) is 42.8 Å². The van der Waals surface area contributed by atoms with E-state index in [0.29, 0.717) is 18.8 Å². The lowest BCUT2D eigenvalue weighted by Gasteiger charge is -2.08. The van der Waals surface area contributed by atoms with E-state index in [0.717, 1.165) is 28.1 Å². The Morgan fingerprint density at radius 2 is 1.77 bits per heavy atom. The Morgan fingerprint density at radius 3 is 2.50 bits per heavy atom. The summed E-state index contributed by atoms with van der Waals surface area (Å²) < 4.78 is 21.2. The highest BCUT2D eigenvalue weighted by Gasteiger charge is 2.14. The minimum atomic E-state index is -0.312. The maximum atomic E-state index is 14.3. The van der Waals surface area contributed by atoms with Gasteiger partial charge in [-0.15, -0.1) is 0 Å². The van der Waals surface area contributed by atoms with Gasteiger partial charge in [-0.3, -0.25) is 4.98 Å². The van der Waals surface area contributed by atoms with Gasteiger partial charge in [-0.2, -0.15) is 5.10 Å². The average Bonchev–Trinajstić information content (AvgIpc) is 3.19. The van der Waals surface area contributed by atoms with Crippen molar-refractivity contribution in [2.75, 3.05) is 7.11 Å². The molecule has 2 heterocycles. The Balaban J connectivity index is 1.64. The SMILES string of the molecule is COc1ccc(-c2nn(-c3ccccc3F)cc2CNCc2ccncc2C)cc1. The number of hydrogen-bond donors (Lipinski definition) is 1. The lowest BCUT2D eigenvalue weighted by molar-refractivity contribution is 0.415. The Hall–Kier alpha value is -3.51. The number of aryl methyl sites for hydroxylation is 1. The second kappa shape index (κ2) is 8.88. The lowest BCUT2D eigenvalue weighted by Crippen LogP contribution is -2.13. The van der Waals surface area contributed by atoms with Crippen molar-refractivity contribution in [3.63, 3.8) is 0 Å². The van der Waals surface area contributed by atoms with Crippen LogP contribution in [0.2, 0.25) is 0 Å². The molecular weight excluding hydrogens is 379 g/mol. The van der Waals surface area contributed by atoms with Crippen LogP contribution in [-0.4, -0.2) is 21.9 Å². The molecule has 0 saturated carbocycles. The number of ether oxygens (including phenoxy) is 1. The van der Waals surface area contributed by atoms with Crippen molar-refractivity contribution in [3.8, 4) is 22.7 Å². The number of benzene rings is 2. The summed E-state index contributed by atoms with van der Waals surface area (Å²) in [7, 11) is 1.64. The third kappa shape index (κ3) is 4.23. The van der Waals surface area contributed by atoms with Crippen LogP contribution in [0.4, 0.5) is 4.39 Å². The van der Waals surface area contributed by atoms with Gasteiger partial charge in [0.05, 0.1) is 12.8 Å². The zero-order valence-electron chi connectivity index (χ0n) is 17.0. The highest BCUT2D eigenvalue weighted by molar-refractivity contribution is 5.64. The number of halogens is 1. The van der Waals surface area contributed by atoms with E-state index in [9.17, 15) is 4.39 Å². The van der Waals surface area contributed by atoms with Gasteiger partial charge in [-0.05, 0) is 60.5 Å². The van der Waals surface area contributed by atoms with E-state index in [1.807, 2.05) is 49.6 Å². The van der Waals surface area contributed by atoms with E-state index in [2.05, 4.69) is 10.3 Å². The molecular formula is C24H23FN4O. The maximum Gasteiger partial charge on any atom is 0.148 e. The molecule has 0 unspecified atom stereocenters. The van der Waals surface area contributed by atoms with Gasteiger partial charge in [-0.25, -0.2) is 9.07 Å². The monoisotopic (exact) mass is 402 g/mol. The molecule has 2 aromatic heterocycles. The molecule has 4 rings (SSSR count). The summed E-state index contributed by atoms with van der Waals surface area (Å²) in [6.07, 6.45) is 5.53. The van der Waals surface area contributed by atoms with Crippen molar-refractivity contribution < 1.29 is 9.13 Å². The fraction of sp³-hybridized carbons (Fsp3) is 0.167. The van der Waals surface area contributed by atoms with Crippen LogP contribution < -0.4 is 10.1 Å². The van der Waals surface area contributed by atoms with E-state index in [-0.39, 0.29) is 5.82 Å². The van der Waals surface area contributed by atoms with Crippen molar-refractivity contribution >= 4 is 0 Å². The van der Waals surface area contributed by atoms with Gasteiger partial charge >= 0.3 is 0 Å². The smallest absolute Gasteiger partial charge is 0.148 e. The largest absolute Gasteiger partial charge is 0.497 e. The molecule has 2 aromatic carbocycles. The molecule has 6 heteroatoms. The summed E-state index contributed by atoms with van der Waals surface area (Å²) in [6, 6.07) is 16.4. The van der Waals surface area contributed by atoms with Gasteiger partial charge in [0.25, 0.3) is 0 Å². The summed E-state index contributed by atoms with van der Waals surface area (Å²) in [4.78, 5) is 4.14. The van der Waals surface area contributed by atoms with Crippen LogP contribution >= 0.6 is 0 Å². The average molecular weight is 402 g/mol. The lowest BCUT2D eigenvalue weighted by atomic mass is 10.1.